The van der Waals surface area contributed by atoms with Crippen molar-refractivity contribution in [2.45, 2.75) is 13.8 Å². The monoisotopic (exact) mass is 338 g/mol. The number of para-hydroxylation sites is 1. The Morgan fingerprint density at radius 1 is 1.04 bits per heavy atom. The Kier molecular flexibility index (Phi) is 6.13. The van der Waals surface area contributed by atoms with Crippen LogP contribution in [0.2, 0.25) is 0 Å². The third kappa shape index (κ3) is 5.36. The van der Waals surface area contributed by atoms with Crippen LogP contribution >= 0.6 is 0 Å². The maximum Gasteiger partial charge on any atom is 0.344 e. The average molecular weight is 338 g/mol. The quantitative estimate of drug-likeness (QED) is 0.818. The standard InChI is InChI=1S/C19H18N2O4/c1-13-4-3-5-14(2)19(13)21-17(22)11-25-18(23)12-24-16-8-6-15(10-20)7-9-16/h3-9H,11-12H2,1-2H3,(H,21,22). The first-order valence-electron chi connectivity index (χ1n) is 7.64. The van der Waals surface area contributed by atoms with Crippen LogP contribution in [0.5, 0.6) is 5.75 Å². The van der Waals surface area contributed by atoms with Gasteiger partial charge in [0.1, 0.15) is 5.75 Å². The van der Waals surface area contributed by atoms with Gasteiger partial charge < -0.3 is 14.8 Å². The number of nitrogens with one attached hydrogen (secondary N) is 1. The molecule has 0 aliphatic heterocycles. The van der Waals surface area contributed by atoms with E-state index in [0.29, 0.717) is 11.3 Å². The molecule has 0 heterocycles. The van der Waals surface area contributed by atoms with Crippen LogP contribution in [0.15, 0.2) is 42.5 Å². The van der Waals surface area contributed by atoms with Crippen molar-refractivity contribution >= 4 is 17.6 Å². The number of amides is 1. The van der Waals surface area contributed by atoms with E-state index < -0.39 is 11.9 Å². The SMILES string of the molecule is Cc1cccc(C)c1NC(=O)COC(=O)COc1ccc(C#N)cc1. The lowest BCUT2D eigenvalue weighted by Gasteiger charge is -2.11. The number of carbonyl (C=O) groups excluding carboxylic acids is 2. The molecule has 0 aliphatic rings. The smallest absolute Gasteiger partial charge is 0.344 e. The third-order valence-electron chi connectivity index (χ3n) is 3.45. The molecular formula is C19H18N2O4. The van der Waals surface area contributed by atoms with E-state index in [9.17, 15) is 9.59 Å². The number of nitriles is 1. The summed E-state index contributed by atoms with van der Waals surface area (Å²) >= 11 is 0. The molecule has 6 nitrogen and oxygen atoms in total. The van der Waals surface area contributed by atoms with Crippen LogP contribution in [0.1, 0.15) is 16.7 Å². The van der Waals surface area contributed by atoms with Gasteiger partial charge in [0.05, 0.1) is 11.6 Å². The Labute approximate surface area is 146 Å². The normalized spacial score (nSPS) is 9.80. The van der Waals surface area contributed by atoms with E-state index in [4.69, 9.17) is 14.7 Å². The van der Waals surface area contributed by atoms with Crippen molar-refractivity contribution in [3.8, 4) is 11.8 Å². The molecule has 128 valence electrons. The summed E-state index contributed by atoms with van der Waals surface area (Å²) in [5.74, 6) is -0.624. The molecule has 1 amide bonds. The highest BCUT2D eigenvalue weighted by Crippen LogP contribution is 2.19. The molecular weight excluding hydrogens is 320 g/mol. The maximum absolute atomic E-state index is 11.9. The minimum absolute atomic E-state index is 0.317. The number of esters is 1. The van der Waals surface area contributed by atoms with E-state index in [1.54, 1.807) is 24.3 Å². The summed E-state index contributed by atoms with van der Waals surface area (Å²) in [4.78, 5) is 23.6. The lowest BCUT2D eigenvalue weighted by Crippen LogP contribution is -2.24. The van der Waals surface area contributed by atoms with Crippen LogP contribution in [0, 0.1) is 25.2 Å². The van der Waals surface area contributed by atoms with Crippen LogP contribution < -0.4 is 10.1 Å². The van der Waals surface area contributed by atoms with E-state index in [1.165, 1.54) is 0 Å². The van der Waals surface area contributed by atoms with Crippen LogP contribution in [0.4, 0.5) is 5.69 Å². The number of anilines is 1. The Balaban J connectivity index is 1.77. The molecule has 0 radical (unpaired) electrons. The van der Waals surface area contributed by atoms with Gasteiger partial charge in [-0.15, -0.1) is 0 Å². The minimum atomic E-state index is -0.652. The van der Waals surface area contributed by atoms with Gasteiger partial charge in [0.15, 0.2) is 13.2 Å². The van der Waals surface area contributed by atoms with E-state index in [0.717, 1.165) is 16.8 Å². The predicted molar refractivity (Wildman–Crippen MR) is 92.2 cm³/mol. The van der Waals surface area contributed by atoms with Crippen LogP contribution in [-0.2, 0) is 14.3 Å². The molecule has 0 bridgehead atoms. The second kappa shape index (κ2) is 8.50. The van der Waals surface area contributed by atoms with Crippen molar-refractivity contribution in [1.82, 2.24) is 0 Å². The lowest BCUT2D eigenvalue weighted by molar-refractivity contribution is -0.149. The number of nitrogens with zero attached hydrogens (tertiary/aromatic N) is 1. The molecule has 25 heavy (non-hydrogen) atoms. The van der Waals surface area contributed by atoms with Gasteiger partial charge in [-0.05, 0) is 49.2 Å². The zero-order chi connectivity index (χ0) is 18.2. The molecule has 0 atom stereocenters. The Bertz CT molecular complexity index is 787. The summed E-state index contributed by atoms with van der Waals surface area (Å²) in [5.41, 5.74) is 3.09. The molecule has 6 heteroatoms. The number of benzene rings is 2. The van der Waals surface area contributed by atoms with E-state index >= 15 is 0 Å². The number of hydrogen-bond donors (Lipinski definition) is 1. The highest BCUT2D eigenvalue weighted by molar-refractivity contribution is 5.94. The lowest BCUT2D eigenvalue weighted by atomic mass is 10.1. The molecule has 0 unspecified atom stereocenters. The van der Waals surface area contributed by atoms with Gasteiger partial charge >= 0.3 is 5.97 Å². The second-order valence-corrected chi connectivity index (χ2v) is 5.40. The zero-order valence-electron chi connectivity index (χ0n) is 14.0. The molecule has 0 saturated heterocycles. The van der Waals surface area contributed by atoms with Crippen molar-refractivity contribution in [2.75, 3.05) is 18.5 Å². The average Bonchev–Trinajstić information content (AvgIpc) is 2.62. The van der Waals surface area contributed by atoms with Gasteiger partial charge in [-0.1, -0.05) is 18.2 Å². The fraction of sp³-hybridized carbons (Fsp3) is 0.211. The molecule has 0 fully saturated rings. The summed E-state index contributed by atoms with van der Waals surface area (Å²) < 4.78 is 10.1. The minimum Gasteiger partial charge on any atom is -0.482 e. The van der Waals surface area contributed by atoms with Crippen molar-refractivity contribution in [3.63, 3.8) is 0 Å². The van der Waals surface area contributed by atoms with E-state index in [2.05, 4.69) is 5.32 Å². The van der Waals surface area contributed by atoms with E-state index in [1.807, 2.05) is 38.1 Å². The van der Waals surface area contributed by atoms with E-state index in [-0.39, 0.29) is 13.2 Å². The van der Waals surface area contributed by atoms with Crippen molar-refractivity contribution < 1.29 is 19.1 Å². The number of aryl methyl sites for hydroxylation is 2. The molecule has 2 rings (SSSR count). The van der Waals surface area contributed by atoms with Gasteiger partial charge in [0, 0.05) is 5.69 Å². The first kappa shape index (κ1) is 18.0. The van der Waals surface area contributed by atoms with Gasteiger partial charge in [-0.2, -0.15) is 5.26 Å². The highest BCUT2D eigenvalue weighted by Gasteiger charge is 2.11. The third-order valence-corrected chi connectivity index (χ3v) is 3.45. The molecule has 0 saturated carbocycles. The topological polar surface area (TPSA) is 88.4 Å². The number of carbonyl (C=O) groups is 2. The fourth-order valence-electron chi connectivity index (χ4n) is 2.14. The summed E-state index contributed by atoms with van der Waals surface area (Å²) in [6, 6.07) is 14.0. The zero-order valence-corrected chi connectivity index (χ0v) is 14.0. The Morgan fingerprint density at radius 3 is 2.28 bits per heavy atom. The molecule has 2 aromatic carbocycles. The van der Waals surface area contributed by atoms with Gasteiger partial charge in [0.25, 0.3) is 5.91 Å². The summed E-state index contributed by atoms with van der Waals surface area (Å²) in [6.45, 7) is 3.08. The molecule has 0 aromatic heterocycles. The summed E-state index contributed by atoms with van der Waals surface area (Å²) in [7, 11) is 0. The van der Waals surface area contributed by atoms with Crippen LogP contribution in [0.3, 0.4) is 0 Å². The first-order chi connectivity index (χ1) is 12.0. The van der Waals surface area contributed by atoms with Crippen molar-refractivity contribution in [1.29, 1.82) is 5.26 Å². The van der Waals surface area contributed by atoms with Crippen molar-refractivity contribution in [2.24, 2.45) is 0 Å². The Morgan fingerprint density at radius 2 is 1.68 bits per heavy atom. The molecule has 0 aliphatic carbocycles. The predicted octanol–water partition coefficient (Wildman–Crippen LogP) is 2.74. The Hall–Kier alpha value is -3.33. The number of rotatable bonds is 6. The largest absolute Gasteiger partial charge is 0.482 e. The summed E-state index contributed by atoms with van der Waals surface area (Å²) in [5, 5.41) is 11.4. The molecule has 2 aromatic rings. The second-order valence-electron chi connectivity index (χ2n) is 5.40. The molecule has 1 N–H and O–H groups in total. The van der Waals surface area contributed by atoms with Crippen molar-refractivity contribution in [3.05, 3.63) is 59.2 Å². The fourth-order valence-corrected chi connectivity index (χ4v) is 2.14. The summed E-state index contributed by atoms with van der Waals surface area (Å²) in [6.07, 6.45) is 0. The maximum atomic E-state index is 11.9. The van der Waals surface area contributed by atoms with Gasteiger partial charge in [0.2, 0.25) is 0 Å². The van der Waals surface area contributed by atoms with Gasteiger partial charge in [-0.25, -0.2) is 4.79 Å². The first-order valence-corrected chi connectivity index (χ1v) is 7.64. The van der Waals surface area contributed by atoms with Gasteiger partial charge in [-0.3, -0.25) is 4.79 Å². The number of ether oxygens (including phenoxy) is 2. The van der Waals surface area contributed by atoms with Crippen LogP contribution in [-0.4, -0.2) is 25.1 Å². The van der Waals surface area contributed by atoms with Crippen LogP contribution in [0.25, 0.3) is 0 Å². The highest BCUT2D eigenvalue weighted by atomic mass is 16.6. The number of hydrogen-bond acceptors (Lipinski definition) is 5. The molecule has 0 spiro atoms.